The van der Waals surface area contributed by atoms with Gasteiger partial charge in [0.25, 0.3) is 0 Å². The summed E-state index contributed by atoms with van der Waals surface area (Å²) < 4.78 is 10.3. The standard InChI is InChI=1S/C11H16O3/c1-8-6-10(13-2)11(14-3)7-9(8)4-5-12/h6-7,12H,4-5H2,1-3H3. The molecule has 1 aromatic carbocycles. The lowest BCUT2D eigenvalue weighted by Crippen LogP contribution is -1.98. The highest BCUT2D eigenvalue weighted by molar-refractivity contribution is 5.47. The fraction of sp³-hybridized carbons (Fsp3) is 0.455. The number of rotatable bonds is 4. The Kier molecular flexibility index (Phi) is 3.77. The van der Waals surface area contributed by atoms with Gasteiger partial charge in [0.15, 0.2) is 11.5 Å². The van der Waals surface area contributed by atoms with Gasteiger partial charge in [0, 0.05) is 6.61 Å². The Bertz CT molecular complexity index is 308. The summed E-state index contributed by atoms with van der Waals surface area (Å²) in [5.74, 6) is 1.44. The molecular formula is C11H16O3. The van der Waals surface area contributed by atoms with E-state index in [4.69, 9.17) is 14.6 Å². The summed E-state index contributed by atoms with van der Waals surface area (Å²) in [6, 6.07) is 3.83. The second kappa shape index (κ2) is 4.86. The Labute approximate surface area is 84.3 Å². The molecule has 1 aromatic rings. The van der Waals surface area contributed by atoms with Crippen LogP contribution in [0.25, 0.3) is 0 Å². The van der Waals surface area contributed by atoms with Gasteiger partial charge in [-0.05, 0) is 36.6 Å². The van der Waals surface area contributed by atoms with E-state index in [2.05, 4.69) is 0 Å². The molecule has 0 fully saturated rings. The molecule has 0 amide bonds. The van der Waals surface area contributed by atoms with Gasteiger partial charge in [-0.15, -0.1) is 0 Å². The van der Waals surface area contributed by atoms with E-state index in [1.165, 1.54) is 0 Å². The number of methoxy groups -OCH3 is 2. The summed E-state index contributed by atoms with van der Waals surface area (Å²) in [4.78, 5) is 0. The van der Waals surface area contributed by atoms with Crippen LogP contribution in [0, 0.1) is 6.92 Å². The van der Waals surface area contributed by atoms with Crippen LogP contribution in [0.4, 0.5) is 0 Å². The van der Waals surface area contributed by atoms with Gasteiger partial charge < -0.3 is 14.6 Å². The van der Waals surface area contributed by atoms with Crippen molar-refractivity contribution in [2.45, 2.75) is 13.3 Å². The molecule has 0 heterocycles. The molecule has 0 spiro atoms. The van der Waals surface area contributed by atoms with Crippen LogP contribution in [0.5, 0.6) is 11.5 Å². The van der Waals surface area contributed by atoms with Crippen molar-refractivity contribution in [2.75, 3.05) is 20.8 Å². The molecule has 0 aromatic heterocycles. The number of ether oxygens (including phenoxy) is 2. The highest BCUT2D eigenvalue weighted by Gasteiger charge is 2.07. The maximum atomic E-state index is 8.86. The van der Waals surface area contributed by atoms with Crippen molar-refractivity contribution < 1.29 is 14.6 Å². The number of aliphatic hydroxyl groups is 1. The van der Waals surface area contributed by atoms with Crippen LogP contribution in [0.1, 0.15) is 11.1 Å². The SMILES string of the molecule is COc1cc(C)c(CCO)cc1OC. The van der Waals surface area contributed by atoms with E-state index in [0.717, 1.165) is 16.9 Å². The first kappa shape index (κ1) is 10.9. The zero-order valence-electron chi connectivity index (χ0n) is 8.83. The van der Waals surface area contributed by atoms with Crippen molar-refractivity contribution in [3.05, 3.63) is 23.3 Å². The molecule has 14 heavy (non-hydrogen) atoms. The van der Waals surface area contributed by atoms with Crippen LogP contribution in [0.2, 0.25) is 0 Å². The Morgan fingerprint density at radius 3 is 2.21 bits per heavy atom. The predicted molar refractivity (Wildman–Crippen MR) is 55.1 cm³/mol. The average molecular weight is 196 g/mol. The fourth-order valence-corrected chi connectivity index (χ4v) is 1.41. The van der Waals surface area contributed by atoms with E-state index >= 15 is 0 Å². The second-order valence-electron chi connectivity index (χ2n) is 3.11. The van der Waals surface area contributed by atoms with Gasteiger partial charge in [0.2, 0.25) is 0 Å². The molecule has 0 bridgehead atoms. The quantitative estimate of drug-likeness (QED) is 0.794. The minimum atomic E-state index is 0.149. The molecule has 78 valence electrons. The minimum Gasteiger partial charge on any atom is -0.493 e. The number of aryl methyl sites for hydroxylation is 1. The third-order valence-corrected chi connectivity index (χ3v) is 2.22. The highest BCUT2D eigenvalue weighted by Crippen LogP contribution is 2.30. The molecule has 0 saturated heterocycles. The average Bonchev–Trinajstić information content (AvgIpc) is 2.20. The summed E-state index contributed by atoms with van der Waals surface area (Å²) in [5.41, 5.74) is 2.20. The van der Waals surface area contributed by atoms with Gasteiger partial charge in [-0.2, -0.15) is 0 Å². The van der Waals surface area contributed by atoms with Gasteiger partial charge in [0.1, 0.15) is 0 Å². The minimum absolute atomic E-state index is 0.149. The van der Waals surface area contributed by atoms with Crippen molar-refractivity contribution in [2.24, 2.45) is 0 Å². The Balaban J connectivity index is 3.09. The zero-order chi connectivity index (χ0) is 10.6. The Morgan fingerprint density at radius 1 is 1.14 bits per heavy atom. The lowest BCUT2D eigenvalue weighted by Gasteiger charge is -2.11. The molecule has 0 aliphatic heterocycles. The number of aliphatic hydroxyl groups excluding tert-OH is 1. The smallest absolute Gasteiger partial charge is 0.161 e. The van der Waals surface area contributed by atoms with Crippen LogP contribution in [0.15, 0.2) is 12.1 Å². The maximum absolute atomic E-state index is 8.86. The first-order valence-electron chi connectivity index (χ1n) is 4.55. The molecule has 0 aliphatic rings. The molecule has 1 rings (SSSR count). The first-order valence-corrected chi connectivity index (χ1v) is 4.55. The van der Waals surface area contributed by atoms with E-state index < -0.39 is 0 Å². The van der Waals surface area contributed by atoms with Gasteiger partial charge in [-0.25, -0.2) is 0 Å². The van der Waals surface area contributed by atoms with Crippen molar-refractivity contribution in [3.8, 4) is 11.5 Å². The van der Waals surface area contributed by atoms with Gasteiger partial charge in [0.05, 0.1) is 14.2 Å². The summed E-state index contributed by atoms with van der Waals surface area (Å²) in [6.07, 6.45) is 0.645. The number of hydrogen-bond acceptors (Lipinski definition) is 3. The lowest BCUT2D eigenvalue weighted by atomic mass is 10.1. The van der Waals surface area contributed by atoms with Crippen molar-refractivity contribution in [3.63, 3.8) is 0 Å². The maximum Gasteiger partial charge on any atom is 0.161 e. The second-order valence-corrected chi connectivity index (χ2v) is 3.11. The van der Waals surface area contributed by atoms with E-state index in [9.17, 15) is 0 Å². The van der Waals surface area contributed by atoms with E-state index in [1.54, 1.807) is 14.2 Å². The van der Waals surface area contributed by atoms with Gasteiger partial charge in [-0.3, -0.25) is 0 Å². The highest BCUT2D eigenvalue weighted by atomic mass is 16.5. The molecule has 0 unspecified atom stereocenters. The zero-order valence-corrected chi connectivity index (χ0v) is 8.83. The molecule has 0 aliphatic carbocycles. The van der Waals surface area contributed by atoms with E-state index in [1.807, 2.05) is 19.1 Å². The van der Waals surface area contributed by atoms with Gasteiger partial charge in [-0.1, -0.05) is 0 Å². The molecule has 0 saturated carbocycles. The summed E-state index contributed by atoms with van der Waals surface area (Å²) in [7, 11) is 3.22. The monoisotopic (exact) mass is 196 g/mol. The van der Waals surface area contributed by atoms with E-state index in [0.29, 0.717) is 12.2 Å². The van der Waals surface area contributed by atoms with E-state index in [-0.39, 0.29) is 6.61 Å². The summed E-state index contributed by atoms with van der Waals surface area (Å²) >= 11 is 0. The summed E-state index contributed by atoms with van der Waals surface area (Å²) in [6.45, 7) is 2.14. The van der Waals surface area contributed by atoms with Crippen LogP contribution < -0.4 is 9.47 Å². The lowest BCUT2D eigenvalue weighted by molar-refractivity contribution is 0.298. The molecule has 3 heteroatoms. The largest absolute Gasteiger partial charge is 0.493 e. The normalized spacial score (nSPS) is 10.0. The molecule has 0 atom stereocenters. The van der Waals surface area contributed by atoms with Gasteiger partial charge >= 0.3 is 0 Å². The fourth-order valence-electron chi connectivity index (χ4n) is 1.41. The van der Waals surface area contributed by atoms with Crippen LogP contribution in [-0.4, -0.2) is 25.9 Å². The Hall–Kier alpha value is -1.22. The topological polar surface area (TPSA) is 38.7 Å². The van der Waals surface area contributed by atoms with Crippen LogP contribution in [-0.2, 0) is 6.42 Å². The number of benzene rings is 1. The third-order valence-electron chi connectivity index (χ3n) is 2.22. The Morgan fingerprint density at radius 2 is 1.71 bits per heavy atom. The first-order chi connectivity index (χ1) is 6.72. The predicted octanol–water partition coefficient (Wildman–Crippen LogP) is 1.55. The molecular weight excluding hydrogens is 180 g/mol. The van der Waals surface area contributed by atoms with Crippen LogP contribution in [0.3, 0.4) is 0 Å². The third kappa shape index (κ3) is 2.17. The van der Waals surface area contributed by atoms with Crippen molar-refractivity contribution >= 4 is 0 Å². The molecule has 0 radical (unpaired) electrons. The van der Waals surface area contributed by atoms with Crippen molar-refractivity contribution in [1.82, 2.24) is 0 Å². The molecule has 3 nitrogen and oxygen atoms in total. The molecule has 1 N–H and O–H groups in total. The van der Waals surface area contributed by atoms with Crippen molar-refractivity contribution in [1.29, 1.82) is 0 Å². The van der Waals surface area contributed by atoms with Crippen LogP contribution >= 0.6 is 0 Å². The number of hydrogen-bond donors (Lipinski definition) is 1. The summed E-state index contributed by atoms with van der Waals surface area (Å²) in [5, 5.41) is 8.86.